The monoisotopic (exact) mass is 380 g/mol. The van der Waals surface area contributed by atoms with Crippen molar-refractivity contribution in [2.75, 3.05) is 0 Å². The number of halogens is 5. The highest BCUT2D eigenvalue weighted by Crippen LogP contribution is 2.22. The Bertz CT molecular complexity index is 775. The van der Waals surface area contributed by atoms with E-state index < -0.39 is 23.4 Å². The molecule has 0 aliphatic rings. The van der Waals surface area contributed by atoms with Gasteiger partial charge in [0, 0.05) is 11.6 Å². The molecule has 0 fully saturated rings. The van der Waals surface area contributed by atoms with Crippen LogP contribution in [0.3, 0.4) is 0 Å². The van der Waals surface area contributed by atoms with Crippen LogP contribution in [0, 0.1) is 11.6 Å². The Morgan fingerprint density at radius 2 is 1.33 bits per heavy atom. The molecule has 0 aliphatic carbocycles. The van der Waals surface area contributed by atoms with E-state index in [2.05, 4.69) is 6.08 Å². The van der Waals surface area contributed by atoms with Crippen molar-refractivity contribution in [1.82, 2.24) is 0 Å². The molecule has 0 unspecified atom stereocenters. The van der Waals surface area contributed by atoms with Gasteiger partial charge in [-0.25, -0.2) is 8.78 Å². The van der Waals surface area contributed by atoms with Crippen molar-refractivity contribution in [2.24, 2.45) is 0 Å². The van der Waals surface area contributed by atoms with Crippen LogP contribution in [0.4, 0.5) is 22.0 Å². The Morgan fingerprint density at radius 1 is 0.815 bits per heavy atom. The normalized spacial score (nSPS) is 12.4. The van der Waals surface area contributed by atoms with Gasteiger partial charge < -0.3 is 0 Å². The summed E-state index contributed by atoms with van der Waals surface area (Å²) in [6, 6.07) is 10.2. The first-order valence-corrected chi connectivity index (χ1v) is 8.71. The molecule has 0 amide bonds. The van der Waals surface area contributed by atoms with E-state index in [0.29, 0.717) is 24.5 Å². The first-order chi connectivity index (χ1) is 12.8. The Morgan fingerprint density at radius 3 is 1.85 bits per heavy atom. The molecule has 0 aromatic heterocycles. The molecule has 2 aromatic carbocycles. The molecule has 0 saturated carbocycles. The highest BCUT2D eigenvalue weighted by molar-refractivity contribution is 5.52. The lowest BCUT2D eigenvalue weighted by Crippen LogP contribution is -2.02. The number of allylic oxidation sites excluding steroid dienone is 3. The molecule has 0 aliphatic heterocycles. The summed E-state index contributed by atoms with van der Waals surface area (Å²) in [5.74, 6) is -1.99. The zero-order chi connectivity index (χ0) is 19.9. The van der Waals surface area contributed by atoms with Crippen LogP contribution in [0.15, 0.2) is 54.6 Å². The fourth-order valence-corrected chi connectivity index (χ4v) is 2.70. The van der Waals surface area contributed by atoms with Crippen molar-refractivity contribution < 1.29 is 22.0 Å². The summed E-state index contributed by atoms with van der Waals surface area (Å²) in [5, 5.41) is 0. The predicted molar refractivity (Wildman–Crippen MR) is 98.4 cm³/mol. The van der Waals surface area contributed by atoms with Crippen molar-refractivity contribution in [3.8, 4) is 0 Å². The fraction of sp³-hybridized carbons (Fsp3) is 0.273. The van der Waals surface area contributed by atoms with Gasteiger partial charge in [0.25, 0.3) is 0 Å². The zero-order valence-corrected chi connectivity index (χ0v) is 15.0. The second-order valence-electron chi connectivity index (χ2n) is 6.27. The van der Waals surface area contributed by atoms with Gasteiger partial charge in [0.15, 0.2) is 0 Å². The first-order valence-electron chi connectivity index (χ1n) is 8.71. The number of benzene rings is 2. The molecule has 5 heteroatoms. The van der Waals surface area contributed by atoms with Gasteiger partial charge in [-0.05, 0) is 67.5 Å². The molecule has 144 valence electrons. The van der Waals surface area contributed by atoms with Crippen LogP contribution in [0.2, 0.25) is 0 Å². The standard InChI is InChI=1S/C22H21F5/c1-2-3-4-5-16-6-8-17(9-7-16)10-11-18-14-20(23)19(21(24)15-18)12-13-22(25,26)27/h2-3,6-9,12-15H,4-5,10-11H2,1H3/b3-2+,13-12+. The summed E-state index contributed by atoms with van der Waals surface area (Å²) in [7, 11) is 0. The van der Waals surface area contributed by atoms with Crippen molar-refractivity contribution in [3.63, 3.8) is 0 Å². The van der Waals surface area contributed by atoms with Gasteiger partial charge in [-0.2, -0.15) is 13.2 Å². The second kappa shape index (κ2) is 9.49. The van der Waals surface area contributed by atoms with Gasteiger partial charge in [-0.15, -0.1) is 0 Å². The molecular formula is C22H21F5. The highest BCUT2D eigenvalue weighted by atomic mass is 19.4. The number of hydrogen-bond acceptors (Lipinski definition) is 0. The Hall–Kier alpha value is -2.43. The average Bonchev–Trinajstić information content (AvgIpc) is 2.59. The molecule has 0 heterocycles. The third-order valence-electron chi connectivity index (χ3n) is 4.14. The summed E-state index contributed by atoms with van der Waals surface area (Å²) in [6.07, 6.45) is 2.66. The minimum absolute atomic E-state index is 0.175. The summed E-state index contributed by atoms with van der Waals surface area (Å²) >= 11 is 0. The van der Waals surface area contributed by atoms with E-state index in [4.69, 9.17) is 0 Å². The van der Waals surface area contributed by atoms with Crippen LogP contribution in [-0.4, -0.2) is 6.18 Å². The van der Waals surface area contributed by atoms with E-state index in [9.17, 15) is 22.0 Å². The van der Waals surface area contributed by atoms with Crippen LogP contribution >= 0.6 is 0 Å². The Kier molecular flexibility index (Phi) is 7.34. The minimum atomic E-state index is -4.61. The topological polar surface area (TPSA) is 0 Å². The van der Waals surface area contributed by atoms with Gasteiger partial charge >= 0.3 is 6.18 Å². The molecule has 0 bridgehead atoms. The van der Waals surface area contributed by atoms with Gasteiger partial charge in [0.05, 0.1) is 0 Å². The van der Waals surface area contributed by atoms with Crippen LogP contribution in [0.5, 0.6) is 0 Å². The molecule has 0 radical (unpaired) electrons. The van der Waals surface area contributed by atoms with E-state index in [-0.39, 0.29) is 6.08 Å². The zero-order valence-electron chi connectivity index (χ0n) is 15.0. The highest BCUT2D eigenvalue weighted by Gasteiger charge is 2.22. The smallest absolute Gasteiger partial charge is 0.206 e. The molecule has 0 atom stereocenters. The molecule has 2 rings (SSSR count). The molecule has 0 N–H and O–H groups in total. The molecule has 27 heavy (non-hydrogen) atoms. The summed E-state index contributed by atoms with van der Waals surface area (Å²) in [4.78, 5) is 0. The number of rotatable bonds is 7. The maximum absolute atomic E-state index is 13.9. The second-order valence-corrected chi connectivity index (χ2v) is 6.27. The molecule has 2 aromatic rings. The quantitative estimate of drug-likeness (QED) is 0.365. The summed E-state index contributed by atoms with van der Waals surface area (Å²) < 4.78 is 64.4. The minimum Gasteiger partial charge on any atom is -0.206 e. The number of alkyl halides is 3. The number of hydrogen-bond donors (Lipinski definition) is 0. The van der Waals surface area contributed by atoms with Crippen LogP contribution in [-0.2, 0) is 19.3 Å². The van der Waals surface area contributed by atoms with Gasteiger partial charge in [0.2, 0.25) is 0 Å². The lowest BCUT2D eigenvalue weighted by molar-refractivity contribution is -0.0790. The maximum Gasteiger partial charge on any atom is 0.409 e. The van der Waals surface area contributed by atoms with E-state index in [0.717, 1.165) is 30.5 Å². The molecule has 0 nitrogen and oxygen atoms in total. The lowest BCUT2D eigenvalue weighted by atomic mass is 10.0. The fourth-order valence-electron chi connectivity index (χ4n) is 2.70. The van der Waals surface area contributed by atoms with E-state index in [1.165, 1.54) is 5.56 Å². The van der Waals surface area contributed by atoms with Crippen LogP contribution in [0.25, 0.3) is 6.08 Å². The van der Waals surface area contributed by atoms with E-state index >= 15 is 0 Å². The molecule has 0 saturated heterocycles. The van der Waals surface area contributed by atoms with Gasteiger partial charge in [-0.1, -0.05) is 36.4 Å². The van der Waals surface area contributed by atoms with Gasteiger partial charge in [0.1, 0.15) is 11.6 Å². The van der Waals surface area contributed by atoms with Crippen molar-refractivity contribution in [3.05, 3.63) is 88.5 Å². The third kappa shape index (κ3) is 7.00. The van der Waals surface area contributed by atoms with Gasteiger partial charge in [-0.3, -0.25) is 0 Å². The summed E-state index contributed by atoms with van der Waals surface area (Å²) in [5.41, 5.74) is 1.98. The number of aryl methyl sites for hydroxylation is 3. The predicted octanol–water partition coefficient (Wildman–Crippen LogP) is 6.83. The van der Waals surface area contributed by atoms with Crippen LogP contribution < -0.4 is 0 Å². The molecular weight excluding hydrogens is 359 g/mol. The van der Waals surface area contributed by atoms with Crippen LogP contribution in [0.1, 0.15) is 35.6 Å². The van der Waals surface area contributed by atoms with E-state index in [1.807, 2.05) is 37.3 Å². The van der Waals surface area contributed by atoms with Crippen molar-refractivity contribution in [1.29, 1.82) is 0 Å². The lowest BCUT2D eigenvalue weighted by Gasteiger charge is -2.07. The Balaban J connectivity index is 2.01. The van der Waals surface area contributed by atoms with E-state index in [1.54, 1.807) is 0 Å². The first kappa shape index (κ1) is 20.9. The van der Waals surface area contributed by atoms with Crippen molar-refractivity contribution >= 4 is 6.08 Å². The summed E-state index contributed by atoms with van der Waals surface area (Å²) in [6.45, 7) is 1.98. The largest absolute Gasteiger partial charge is 0.409 e. The third-order valence-corrected chi connectivity index (χ3v) is 4.14. The SMILES string of the molecule is C/C=C/CCc1ccc(CCc2cc(F)c(/C=C/C(F)(F)F)c(F)c2)cc1. The van der Waals surface area contributed by atoms with Crippen molar-refractivity contribution in [2.45, 2.75) is 38.8 Å². The maximum atomic E-state index is 13.9. The Labute approximate surface area is 156 Å². The average molecular weight is 380 g/mol. The molecule has 0 spiro atoms.